The quantitative estimate of drug-likeness (QED) is 0.162. The van der Waals surface area contributed by atoms with Crippen LogP contribution in [0.25, 0.3) is 0 Å². The Balaban J connectivity index is 2.32. The summed E-state index contributed by atoms with van der Waals surface area (Å²) in [6.07, 6.45) is 25.6. The summed E-state index contributed by atoms with van der Waals surface area (Å²) in [6, 6.07) is 0.600. The van der Waals surface area contributed by atoms with E-state index in [9.17, 15) is 4.79 Å². The first-order valence-corrected chi connectivity index (χ1v) is 15.6. The van der Waals surface area contributed by atoms with Crippen LogP contribution in [0, 0.1) is 11.3 Å². The number of piperidine rings is 1. The van der Waals surface area contributed by atoms with E-state index in [1.165, 1.54) is 109 Å². The predicted molar refractivity (Wildman–Crippen MR) is 153 cm³/mol. The normalized spacial score (nSPS) is 20.7. The highest BCUT2D eigenvalue weighted by atomic mass is 16.4. The zero-order chi connectivity index (χ0) is 26.2. The Hall–Kier alpha value is -0.570. The molecule has 0 bridgehead atoms. The average Bonchev–Trinajstić information content (AvgIpc) is 2.80. The molecule has 2 unspecified atom stereocenters. The molecule has 1 fully saturated rings. The lowest BCUT2D eigenvalue weighted by molar-refractivity contribution is -0.137. The first-order valence-electron chi connectivity index (χ1n) is 15.6. The minimum Gasteiger partial charge on any atom is -0.481 e. The molecule has 35 heavy (non-hydrogen) atoms. The molecule has 1 aliphatic rings. The monoisotopic (exact) mass is 493 g/mol. The summed E-state index contributed by atoms with van der Waals surface area (Å²) in [7, 11) is 0. The molecule has 1 aliphatic heterocycles. The van der Waals surface area contributed by atoms with Gasteiger partial charge in [0.05, 0.1) is 0 Å². The Morgan fingerprint density at radius 1 is 0.771 bits per heavy atom. The molecule has 0 amide bonds. The van der Waals surface area contributed by atoms with Gasteiger partial charge < -0.3 is 5.11 Å². The van der Waals surface area contributed by atoms with E-state index in [2.05, 4.69) is 46.4 Å². The molecule has 0 saturated carbocycles. The lowest BCUT2D eigenvalue weighted by Gasteiger charge is -2.59. The Kier molecular flexibility index (Phi) is 16.5. The summed E-state index contributed by atoms with van der Waals surface area (Å²) in [5.74, 6) is 0.0873. The zero-order valence-electron chi connectivity index (χ0n) is 24.8. The van der Waals surface area contributed by atoms with Crippen LogP contribution < -0.4 is 0 Å². The maximum Gasteiger partial charge on any atom is 0.303 e. The molecule has 2 atom stereocenters. The minimum atomic E-state index is -0.651. The van der Waals surface area contributed by atoms with Gasteiger partial charge in [0.2, 0.25) is 0 Å². The van der Waals surface area contributed by atoms with Crippen molar-refractivity contribution in [2.45, 2.75) is 182 Å². The molecule has 0 radical (unpaired) electrons. The van der Waals surface area contributed by atoms with Gasteiger partial charge in [-0.2, -0.15) is 0 Å². The molecule has 3 nitrogen and oxygen atoms in total. The van der Waals surface area contributed by atoms with E-state index >= 15 is 0 Å². The van der Waals surface area contributed by atoms with Gasteiger partial charge in [-0.25, -0.2) is 0 Å². The SMILES string of the molecule is CCCCCCCCCCCCCCCCC(CCCCC(=O)O)N1CCC(C)C(C)(C)C1(C)C. The fraction of sp³-hybridized carbons (Fsp3) is 0.969. The third-order valence-corrected chi connectivity index (χ3v) is 9.84. The maximum atomic E-state index is 11.0. The van der Waals surface area contributed by atoms with Gasteiger partial charge in [-0.3, -0.25) is 9.69 Å². The van der Waals surface area contributed by atoms with E-state index in [0.29, 0.717) is 17.9 Å². The van der Waals surface area contributed by atoms with Gasteiger partial charge in [0.1, 0.15) is 0 Å². The summed E-state index contributed by atoms with van der Waals surface area (Å²) >= 11 is 0. The van der Waals surface area contributed by atoms with Crippen LogP contribution in [-0.4, -0.2) is 34.1 Å². The molecule has 1 heterocycles. The standard InChI is InChI=1S/C32H63NO2/c1-7-8-9-10-11-12-13-14-15-16-17-18-19-20-23-29(24-21-22-25-30(34)35)33-27-26-28(2)31(3,4)32(33,5)6/h28-29H,7-27H2,1-6H3,(H,34,35). The van der Waals surface area contributed by atoms with Gasteiger partial charge in [0, 0.05) is 18.0 Å². The molecule has 0 aromatic carbocycles. The maximum absolute atomic E-state index is 11.0. The van der Waals surface area contributed by atoms with E-state index < -0.39 is 5.97 Å². The van der Waals surface area contributed by atoms with Crippen LogP contribution in [0.2, 0.25) is 0 Å². The molecule has 0 aromatic heterocycles. The molecule has 1 N–H and O–H groups in total. The van der Waals surface area contributed by atoms with Crippen molar-refractivity contribution in [2.75, 3.05) is 6.54 Å². The largest absolute Gasteiger partial charge is 0.481 e. The number of carboxylic acids is 1. The topological polar surface area (TPSA) is 40.5 Å². The first kappa shape index (κ1) is 32.5. The number of hydrogen-bond acceptors (Lipinski definition) is 2. The number of nitrogens with zero attached hydrogens (tertiary/aromatic N) is 1. The number of carbonyl (C=O) groups is 1. The van der Waals surface area contributed by atoms with E-state index in [1.54, 1.807) is 0 Å². The molecule has 208 valence electrons. The molecule has 0 spiro atoms. The van der Waals surface area contributed by atoms with E-state index in [1.807, 2.05) is 0 Å². The number of unbranched alkanes of at least 4 members (excludes halogenated alkanes) is 14. The van der Waals surface area contributed by atoms with Crippen molar-refractivity contribution in [1.82, 2.24) is 4.90 Å². The number of aliphatic carboxylic acids is 1. The molecule has 3 heteroatoms. The van der Waals surface area contributed by atoms with Crippen LogP contribution in [0.4, 0.5) is 0 Å². The predicted octanol–water partition coefficient (Wildman–Crippen LogP) is 10.0. The number of hydrogen-bond donors (Lipinski definition) is 1. The first-order chi connectivity index (χ1) is 16.6. The summed E-state index contributed by atoms with van der Waals surface area (Å²) in [5.41, 5.74) is 0.470. The van der Waals surface area contributed by atoms with E-state index in [-0.39, 0.29) is 5.54 Å². The van der Waals surface area contributed by atoms with Crippen molar-refractivity contribution in [1.29, 1.82) is 0 Å². The molecule has 0 aliphatic carbocycles. The van der Waals surface area contributed by atoms with Crippen LogP contribution >= 0.6 is 0 Å². The minimum absolute atomic E-state index is 0.179. The lowest BCUT2D eigenvalue weighted by Crippen LogP contribution is -2.63. The van der Waals surface area contributed by atoms with Crippen molar-refractivity contribution < 1.29 is 9.90 Å². The molecule has 0 aromatic rings. The molecular formula is C32H63NO2. The second-order valence-corrected chi connectivity index (χ2v) is 12.8. The zero-order valence-corrected chi connectivity index (χ0v) is 24.8. The number of carboxylic acid groups (broad SMARTS) is 1. The summed E-state index contributed by atoms with van der Waals surface area (Å²) < 4.78 is 0. The fourth-order valence-electron chi connectivity index (χ4n) is 6.27. The Morgan fingerprint density at radius 2 is 1.20 bits per heavy atom. The molecule has 1 saturated heterocycles. The highest BCUT2D eigenvalue weighted by Gasteiger charge is 2.49. The average molecular weight is 494 g/mol. The van der Waals surface area contributed by atoms with Crippen molar-refractivity contribution in [2.24, 2.45) is 11.3 Å². The van der Waals surface area contributed by atoms with E-state index in [4.69, 9.17) is 5.11 Å². The second-order valence-electron chi connectivity index (χ2n) is 12.8. The van der Waals surface area contributed by atoms with Crippen molar-refractivity contribution in [3.63, 3.8) is 0 Å². The van der Waals surface area contributed by atoms with Gasteiger partial charge in [-0.15, -0.1) is 0 Å². The van der Waals surface area contributed by atoms with Crippen LogP contribution in [0.3, 0.4) is 0 Å². The Labute approximate surface area is 220 Å². The van der Waals surface area contributed by atoms with Gasteiger partial charge in [0.25, 0.3) is 0 Å². The molecular weight excluding hydrogens is 430 g/mol. The highest BCUT2D eigenvalue weighted by Crippen LogP contribution is 2.48. The third-order valence-electron chi connectivity index (χ3n) is 9.84. The van der Waals surface area contributed by atoms with Crippen LogP contribution in [0.5, 0.6) is 0 Å². The lowest BCUT2D eigenvalue weighted by atomic mass is 9.61. The highest BCUT2D eigenvalue weighted by molar-refractivity contribution is 5.66. The van der Waals surface area contributed by atoms with Gasteiger partial charge >= 0.3 is 5.97 Å². The van der Waals surface area contributed by atoms with Crippen LogP contribution in [-0.2, 0) is 4.79 Å². The third kappa shape index (κ3) is 12.0. The van der Waals surface area contributed by atoms with Crippen molar-refractivity contribution in [3.05, 3.63) is 0 Å². The smallest absolute Gasteiger partial charge is 0.303 e. The molecule has 1 rings (SSSR count). The van der Waals surface area contributed by atoms with Gasteiger partial charge in [0.15, 0.2) is 0 Å². The fourth-order valence-corrected chi connectivity index (χ4v) is 6.27. The Morgan fingerprint density at radius 3 is 1.66 bits per heavy atom. The second kappa shape index (κ2) is 17.8. The summed E-state index contributed by atoms with van der Waals surface area (Å²) in [4.78, 5) is 13.8. The van der Waals surface area contributed by atoms with Gasteiger partial charge in [-0.1, -0.05) is 124 Å². The summed E-state index contributed by atoms with van der Waals surface area (Å²) in [5, 5.41) is 9.04. The van der Waals surface area contributed by atoms with Crippen LogP contribution in [0.1, 0.15) is 170 Å². The number of likely N-dealkylation sites (tertiary alicyclic amines) is 1. The van der Waals surface area contributed by atoms with Crippen molar-refractivity contribution >= 4 is 5.97 Å². The van der Waals surface area contributed by atoms with E-state index in [0.717, 1.165) is 25.2 Å². The van der Waals surface area contributed by atoms with Crippen molar-refractivity contribution in [3.8, 4) is 0 Å². The Bertz CT molecular complexity index is 542. The van der Waals surface area contributed by atoms with Crippen LogP contribution in [0.15, 0.2) is 0 Å². The van der Waals surface area contributed by atoms with Gasteiger partial charge in [-0.05, 0) is 57.4 Å². The summed E-state index contributed by atoms with van der Waals surface area (Å²) in [6.45, 7) is 15.7. The number of rotatable bonds is 21.